The number of ether oxygens (including phenoxy) is 1. The third-order valence-electron chi connectivity index (χ3n) is 8.95. The largest absolute Gasteiger partial charge is 0.452 e. The SMILES string of the molecule is C=CC[C@]1(N(C(=O)OC)c2ccccc2)CCN(C(=O)N(C)[C@H](C)c2cc(C(F)(F)F)cc(C(F)(F)F)c2)[C@@H](c2ccc(F)cc2C)C1. The Labute approximate surface area is 274 Å². The Balaban J connectivity index is 1.80. The van der Waals surface area contributed by atoms with Gasteiger partial charge in [-0.1, -0.05) is 30.3 Å². The topological polar surface area (TPSA) is 53.1 Å². The standard InChI is InChI=1S/C35H36F7N3O3/c1-6-14-33(45(32(47)48-5)28-10-8-7-9-11-28)15-16-44(30(21-33)29-13-12-27(36)17-22(29)2)31(46)43(4)23(3)24-18-25(34(37,38)39)20-26(19-24)35(40,41)42/h6-13,17-20,23,30H,1,14-16,21H2,2-5H3/t23-,30-,33+/m1/s1. The summed E-state index contributed by atoms with van der Waals surface area (Å²) in [4.78, 5) is 31.7. The zero-order valence-electron chi connectivity index (χ0n) is 26.8. The first-order valence-corrected chi connectivity index (χ1v) is 15.1. The Hall–Kier alpha value is -4.55. The van der Waals surface area contributed by atoms with Gasteiger partial charge in [0.25, 0.3) is 0 Å². The molecule has 0 N–H and O–H groups in total. The number of alkyl halides is 6. The van der Waals surface area contributed by atoms with Crippen molar-refractivity contribution in [3.05, 3.63) is 113 Å². The van der Waals surface area contributed by atoms with Gasteiger partial charge in [-0.05, 0) is 92.3 Å². The molecule has 3 aromatic carbocycles. The first kappa shape index (κ1) is 36.3. The van der Waals surface area contributed by atoms with Crippen molar-refractivity contribution in [1.29, 1.82) is 0 Å². The Morgan fingerprint density at radius 2 is 1.62 bits per heavy atom. The van der Waals surface area contributed by atoms with Crippen molar-refractivity contribution < 1.29 is 45.1 Å². The Kier molecular flexibility index (Phi) is 10.5. The fourth-order valence-electron chi connectivity index (χ4n) is 6.38. The van der Waals surface area contributed by atoms with Crippen LogP contribution in [-0.2, 0) is 17.1 Å². The number of aryl methyl sites for hydroxylation is 1. The Bertz CT molecular complexity index is 1610. The van der Waals surface area contributed by atoms with Gasteiger partial charge in [-0.3, -0.25) is 4.90 Å². The minimum atomic E-state index is -5.06. The number of likely N-dealkylation sites (tertiary alicyclic amines) is 1. The summed E-state index contributed by atoms with van der Waals surface area (Å²) < 4.78 is 101. The number of methoxy groups -OCH3 is 1. The second kappa shape index (κ2) is 13.9. The molecule has 0 aromatic heterocycles. The van der Waals surface area contributed by atoms with Crippen LogP contribution >= 0.6 is 0 Å². The average Bonchev–Trinajstić information content (AvgIpc) is 3.03. The van der Waals surface area contributed by atoms with E-state index in [9.17, 15) is 40.3 Å². The van der Waals surface area contributed by atoms with Crippen LogP contribution in [0, 0.1) is 12.7 Å². The molecule has 1 fully saturated rings. The molecule has 1 heterocycles. The van der Waals surface area contributed by atoms with E-state index in [-0.39, 0.29) is 37.4 Å². The molecule has 6 nitrogen and oxygen atoms in total. The van der Waals surface area contributed by atoms with Crippen molar-refractivity contribution in [3.63, 3.8) is 0 Å². The summed E-state index contributed by atoms with van der Waals surface area (Å²) in [5.41, 5.74) is -2.76. The molecule has 13 heteroatoms. The van der Waals surface area contributed by atoms with Crippen LogP contribution in [0.2, 0.25) is 0 Å². The molecule has 0 unspecified atom stereocenters. The Morgan fingerprint density at radius 3 is 2.15 bits per heavy atom. The van der Waals surface area contributed by atoms with Gasteiger partial charge in [0, 0.05) is 19.3 Å². The molecule has 3 amide bonds. The number of carbonyl (C=O) groups is 2. The second-order valence-electron chi connectivity index (χ2n) is 11.9. The maximum absolute atomic E-state index is 14.3. The number of carbonyl (C=O) groups excluding carboxylic acids is 2. The van der Waals surface area contributed by atoms with Crippen LogP contribution in [0.25, 0.3) is 0 Å². The summed E-state index contributed by atoms with van der Waals surface area (Å²) >= 11 is 0. The summed E-state index contributed by atoms with van der Waals surface area (Å²) in [5.74, 6) is -0.515. The van der Waals surface area contributed by atoms with E-state index < -0.39 is 59.0 Å². The lowest BCUT2D eigenvalue weighted by molar-refractivity contribution is -0.143. The van der Waals surface area contributed by atoms with Crippen LogP contribution in [0.1, 0.15) is 66.1 Å². The van der Waals surface area contributed by atoms with Crippen molar-refractivity contribution in [2.75, 3.05) is 25.6 Å². The lowest BCUT2D eigenvalue weighted by Crippen LogP contribution is -2.60. The summed E-state index contributed by atoms with van der Waals surface area (Å²) in [6.07, 6.45) is -8.55. The number of urea groups is 1. The molecular formula is C35H36F7N3O3. The number of halogens is 7. The summed E-state index contributed by atoms with van der Waals surface area (Å²) in [5, 5.41) is 0. The fourth-order valence-corrected chi connectivity index (χ4v) is 6.38. The Morgan fingerprint density at radius 1 is 1.02 bits per heavy atom. The van der Waals surface area contributed by atoms with Gasteiger partial charge in [-0.15, -0.1) is 6.58 Å². The summed E-state index contributed by atoms with van der Waals surface area (Å²) in [7, 11) is 2.54. The third-order valence-corrected chi connectivity index (χ3v) is 8.95. The highest BCUT2D eigenvalue weighted by Gasteiger charge is 2.49. The maximum atomic E-state index is 14.3. The van der Waals surface area contributed by atoms with Gasteiger partial charge in [0.2, 0.25) is 0 Å². The highest BCUT2D eigenvalue weighted by molar-refractivity contribution is 5.89. The zero-order valence-corrected chi connectivity index (χ0v) is 26.8. The van der Waals surface area contributed by atoms with Gasteiger partial charge in [-0.25, -0.2) is 14.0 Å². The molecule has 0 spiro atoms. The van der Waals surface area contributed by atoms with Gasteiger partial charge in [0.15, 0.2) is 0 Å². The zero-order chi connectivity index (χ0) is 35.6. The molecule has 0 saturated carbocycles. The predicted molar refractivity (Wildman–Crippen MR) is 167 cm³/mol. The molecule has 0 aliphatic carbocycles. The number of nitrogens with zero attached hydrogens (tertiary/aromatic N) is 3. The minimum absolute atomic E-state index is 0.0158. The van der Waals surface area contributed by atoms with Gasteiger partial charge >= 0.3 is 24.5 Å². The highest BCUT2D eigenvalue weighted by atomic mass is 19.4. The van der Waals surface area contributed by atoms with Crippen LogP contribution in [0.15, 0.2) is 79.4 Å². The van der Waals surface area contributed by atoms with E-state index in [1.165, 1.54) is 49.1 Å². The van der Waals surface area contributed by atoms with Gasteiger partial charge in [0.1, 0.15) is 5.82 Å². The molecule has 1 aliphatic heterocycles. The number of piperidine rings is 1. The fraction of sp³-hybridized carbons (Fsp3) is 0.371. The smallest absolute Gasteiger partial charge is 0.416 e. The number of hydrogen-bond acceptors (Lipinski definition) is 3. The first-order valence-electron chi connectivity index (χ1n) is 15.1. The van der Waals surface area contributed by atoms with Crippen molar-refractivity contribution in [3.8, 4) is 0 Å². The lowest BCUT2D eigenvalue weighted by Gasteiger charge is -2.52. The summed E-state index contributed by atoms with van der Waals surface area (Å²) in [6.45, 7) is 6.91. The molecule has 3 aromatic rings. The van der Waals surface area contributed by atoms with Crippen LogP contribution < -0.4 is 4.90 Å². The van der Waals surface area contributed by atoms with E-state index in [1.807, 2.05) is 0 Å². The van der Waals surface area contributed by atoms with Crippen molar-refractivity contribution in [2.24, 2.45) is 0 Å². The number of anilines is 1. The molecule has 1 saturated heterocycles. The second-order valence-corrected chi connectivity index (χ2v) is 11.9. The van der Waals surface area contributed by atoms with E-state index in [1.54, 1.807) is 43.3 Å². The third kappa shape index (κ3) is 7.44. The van der Waals surface area contributed by atoms with E-state index >= 15 is 0 Å². The predicted octanol–water partition coefficient (Wildman–Crippen LogP) is 9.71. The quantitative estimate of drug-likeness (QED) is 0.185. The van der Waals surface area contributed by atoms with Crippen molar-refractivity contribution in [1.82, 2.24) is 9.80 Å². The molecule has 258 valence electrons. The molecule has 0 bridgehead atoms. The summed E-state index contributed by atoms with van der Waals surface area (Å²) in [6, 6.07) is 11.3. The molecular weight excluding hydrogens is 643 g/mol. The molecule has 3 atom stereocenters. The molecule has 48 heavy (non-hydrogen) atoms. The van der Waals surface area contributed by atoms with E-state index in [0.29, 0.717) is 28.9 Å². The van der Waals surface area contributed by atoms with Crippen molar-refractivity contribution in [2.45, 2.75) is 63.1 Å². The first-order chi connectivity index (χ1) is 22.4. The van der Waals surface area contributed by atoms with Crippen LogP contribution in [0.5, 0.6) is 0 Å². The minimum Gasteiger partial charge on any atom is -0.452 e. The molecule has 0 radical (unpaired) electrons. The van der Waals surface area contributed by atoms with E-state index in [4.69, 9.17) is 4.74 Å². The number of rotatable bonds is 7. The van der Waals surface area contributed by atoms with Crippen LogP contribution in [-0.4, -0.2) is 48.2 Å². The number of para-hydroxylation sites is 1. The average molecular weight is 680 g/mol. The van der Waals surface area contributed by atoms with Gasteiger partial charge < -0.3 is 14.5 Å². The number of benzene rings is 3. The maximum Gasteiger partial charge on any atom is 0.416 e. The molecule has 1 aliphatic rings. The van der Waals surface area contributed by atoms with Gasteiger partial charge in [-0.2, -0.15) is 26.3 Å². The van der Waals surface area contributed by atoms with E-state index in [2.05, 4.69) is 6.58 Å². The van der Waals surface area contributed by atoms with Gasteiger partial charge in [0.05, 0.1) is 35.9 Å². The van der Waals surface area contributed by atoms with Crippen molar-refractivity contribution >= 4 is 17.8 Å². The van der Waals surface area contributed by atoms with E-state index in [0.717, 1.165) is 4.90 Å². The number of amides is 3. The number of hydrogen-bond donors (Lipinski definition) is 0. The highest BCUT2D eigenvalue weighted by Crippen LogP contribution is 2.46. The normalized spacial score (nSPS) is 19.0. The van der Waals surface area contributed by atoms with Crippen LogP contribution in [0.4, 0.5) is 46.0 Å². The lowest BCUT2D eigenvalue weighted by atomic mass is 9.76. The monoisotopic (exact) mass is 679 g/mol. The molecule has 4 rings (SSSR count). The van der Waals surface area contributed by atoms with Crippen LogP contribution in [0.3, 0.4) is 0 Å².